The van der Waals surface area contributed by atoms with Gasteiger partial charge in [0.2, 0.25) is 0 Å². The van der Waals surface area contributed by atoms with Crippen LogP contribution in [0.4, 0.5) is 0 Å². The Kier molecular flexibility index (Phi) is 3.62. The van der Waals surface area contributed by atoms with E-state index in [2.05, 4.69) is 98.8 Å². The van der Waals surface area contributed by atoms with Gasteiger partial charge in [0.05, 0.1) is 0 Å². The van der Waals surface area contributed by atoms with Crippen LogP contribution < -0.4 is 0 Å². The molecule has 0 radical (unpaired) electrons. The van der Waals surface area contributed by atoms with E-state index < -0.39 is 0 Å². The fraction of sp³-hybridized carbons (Fsp3) is 0.143. The molecule has 0 spiro atoms. The van der Waals surface area contributed by atoms with Gasteiger partial charge in [0.15, 0.2) is 0 Å². The molecular weight excluding hydrogens is 252 g/mol. The molecule has 0 aliphatic carbocycles. The van der Waals surface area contributed by atoms with Crippen LogP contribution in [0, 0.1) is 6.92 Å². The van der Waals surface area contributed by atoms with Crippen molar-refractivity contribution in [2.24, 2.45) is 0 Å². The molecule has 104 valence electrons. The Hall–Kier alpha value is -2.34. The Morgan fingerprint density at radius 1 is 0.524 bits per heavy atom. The van der Waals surface area contributed by atoms with Gasteiger partial charge in [-0.1, -0.05) is 90.5 Å². The van der Waals surface area contributed by atoms with Gasteiger partial charge in [-0.2, -0.15) is 0 Å². The molecule has 0 unspecified atom stereocenters. The monoisotopic (exact) mass is 272 g/mol. The lowest BCUT2D eigenvalue weighted by Crippen LogP contribution is -2.25. The molecule has 0 aliphatic heterocycles. The van der Waals surface area contributed by atoms with Crippen molar-refractivity contribution < 1.29 is 0 Å². The van der Waals surface area contributed by atoms with Gasteiger partial charge >= 0.3 is 0 Å². The second-order valence-electron chi connectivity index (χ2n) is 5.72. The van der Waals surface area contributed by atoms with E-state index in [-0.39, 0.29) is 5.41 Å². The molecular formula is C21H20. The first-order chi connectivity index (χ1) is 10.2. The lowest BCUT2D eigenvalue weighted by molar-refractivity contribution is 0.692. The topological polar surface area (TPSA) is 0 Å². The summed E-state index contributed by atoms with van der Waals surface area (Å²) in [6.07, 6.45) is 0. The lowest BCUT2D eigenvalue weighted by atomic mass is 9.71. The highest BCUT2D eigenvalue weighted by atomic mass is 14.3. The van der Waals surface area contributed by atoms with E-state index in [1.165, 1.54) is 22.3 Å². The second-order valence-corrected chi connectivity index (χ2v) is 5.72. The van der Waals surface area contributed by atoms with Crippen molar-refractivity contribution in [3.63, 3.8) is 0 Å². The zero-order valence-electron chi connectivity index (χ0n) is 12.6. The number of rotatable bonds is 3. The van der Waals surface area contributed by atoms with Crippen LogP contribution in [-0.2, 0) is 5.41 Å². The minimum atomic E-state index is -0.129. The molecule has 0 heteroatoms. The molecule has 0 aromatic heterocycles. The second kappa shape index (κ2) is 5.57. The molecule has 0 saturated carbocycles. The maximum absolute atomic E-state index is 2.31. The number of benzene rings is 3. The zero-order chi connectivity index (χ0) is 14.7. The van der Waals surface area contributed by atoms with Gasteiger partial charge in [0, 0.05) is 5.41 Å². The van der Waals surface area contributed by atoms with Crippen molar-refractivity contribution in [3.05, 3.63) is 107 Å². The first-order valence-corrected chi connectivity index (χ1v) is 7.39. The Labute approximate surface area is 127 Å². The fourth-order valence-electron chi connectivity index (χ4n) is 2.93. The third-order valence-electron chi connectivity index (χ3n) is 4.33. The van der Waals surface area contributed by atoms with Crippen LogP contribution in [0.2, 0.25) is 0 Å². The predicted molar refractivity (Wildman–Crippen MR) is 89.6 cm³/mol. The fourth-order valence-corrected chi connectivity index (χ4v) is 2.93. The lowest BCUT2D eigenvalue weighted by Gasteiger charge is -2.32. The third-order valence-corrected chi connectivity index (χ3v) is 4.33. The highest BCUT2D eigenvalue weighted by Gasteiger charge is 2.30. The van der Waals surface area contributed by atoms with Gasteiger partial charge in [-0.15, -0.1) is 0 Å². The van der Waals surface area contributed by atoms with E-state index in [1.54, 1.807) is 0 Å². The molecule has 0 heterocycles. The standard InChI is InChI=1S/C21H20/c1-17-13-15-20(16-14-17)21(2,18-9-5-3-6-10-18)19-11-7-4-8-12-19/h3-16H,1-2H3. The molecule has 3 aromatic rings. The summed E-state index contributed by atoms with van der Waals surface area (Å²) in [5.41, 5.74) is 5.13. The molecule has 21 heavy (non-hydrogen) atoms. The zero-order valence-corrected chi connectivity index (χ0v) is 12.6. The summed E-state index contributed by atoms with van der Waals surface area (Å²) in [6.45, 7) is 4.44. The summed E-state index contributed by atoms with van der Waals surface area (Å²) in [5.74, 6) is 0. The van der Waals surface area contributed by atoms with Crippen LogP contribution in [0.5, 0.6) is 0 Å². The van der Waals surface area contributed by atoms with Crippen molar-refractivity contribution in [3.8, 4) is 0 Å². The van der Waals surface area contributed by atoms with E-state index in [0.29, 0.717) is 0 Å². The summed E-state index contributed by atoms with van der Waals surface area (Å²) in [6, 6.07) is 30.3. The Bertz CT molecular complexity index is 655. The SMILES string of the molecule is Cc1ccc(C(C)(c2ccccc2)c2ccccc2)cc1. The van der Waals surface area contributed by atoms with Gasteiger partial charge < -0.3 is 0 Å². The Morgan fingerprint density at radius 2 is 0.905 bits per heavy atom. The molecule has 0 bridgehead atoms. The van der Waals surface area contributed by atoms with Crippen molar-refractivity contribution >= 4 is 0 Å². The maximum atomic E-state index is 2.31. The number of hydrogen-bond acceptors (Lipinski definition) is 0. The van der Waals surface area contributed by atoms with Crippen molar-refractivity contribution in [1.29, 1.82) is 0 Å². The van der Waals surface area contributed by atoms with Crippen LogP contribution in [0.25, 0.3) is 0 Å². The van der Waals surface area contributed by atoms with Crippen LogP contribution in [0.3, 0.4) is 0 Å². The van der Waals surface area contributed by atoms with E-state index >= 15 is 0 Å². The molecule has 0 fully saturated rings. The molecule has 0 aliphatic rings. The molecule has 0 atom stereocenters. The van der Waals surface area contributed by atoms with Gasteiger partial charge in [0.25, 0.3) is 0 Å². The quantitative estimate of drug-likeness (QED) is 0.564. The molecule has 0 nitrogen and oxygen atoms in total. The molecule has 0 N–H and O–H groups in total. The summed E-state index contributed by atoms with van der Waals surface area (Å²) in [5, 5.41) is 0. The van der Waals surface area contributed by atoms with Crippen molar-refractivity contribution in [2.45, 2.75) is 19.3 Å². The van der Waals surface area contributed by atoms with Gasteiger partial charge in [-0.25, -0.2) is 0 Å². The predicted octanol–water partition coefficient (Wildman–Crippen LogP) is 5.35. The first kappa shape index (κ1) is 13.6. The normalized spacial score (nSPS) is 11.3. The first-order valence-electron chi connectivity index (χ1n) is 7.39. The number of hydrogen-bond donors (Lipinski definition) is 0. The van der Waals surface area contributed by atoms with E-state index in [9.17, 15) is 0 Å². The van der Waals surface area contributed by atoms with Crippen molar-refractivity contribution in [1.82, 2.24) is 0 Å². The highest BCUT2D eigenvalue weighted by molar-refractivity contribution is 5.49. The molecule has 3 aromatic carbocycles. The van der Waals surface area contributed by atoms with Crippen LogP contribution in [0.15, 0.2) is 84.9 Å². The van der Waals surface area contributed by atoms with Crippen LogP contribution in [-0.4, -0.2) is 0 Å². The molecule has 0 amide bonds. The molecule has 0 saturated heterocycles. The van der Waals surface area contributed by atoms with Crippen LogP contribution in [0.1, 0.15) is 29.2 Å². The van der Waals surface area contributed by atoms with E-state index in [4.69, 9.17) is 0 Å². The van der Waals surface area contributed by atoms with Crippen LogP contribution >= 0.6 is 0 Å². The van der Waals surface area contributed by atoms with Gasteiger partial charge in [-0.05, 0) is 30.5 Å². The summed E-state index contributed by atoms with van der Waals surface area (Å²) in [4.78, 5) is 0. The summed E-state index contributed by atoms with van der Waals surface area (Å²) in [7, 11) is 0. The van der Waals surface area contributed by atoms with E-state index in [1.807, 2.05) is 0 Å². The highest BCUT2D eigenvalue weighted by Crippen LogP contribution is 2.38. The number of aryl methyl sites for hydroxylation is 1. The summed E-state index contributed by atoms with van der Waals surface area (Å²) < 4.78 is 0. The average molecular weight is 272 g/mol. The average Bonchev–Trinajstić information content (AvgIpc) is 2.56. The molecule has 3 rings (SSSR count). The largest absolute Gasteiger partial charge is 0.0622 e. The van der Waals surface area contributed by atoms with Crippen molar-refractivity contribution in [2.75, 3.05) is 0 Å². The summed E-state index contributed by atoms with van der Waals surface area (Å²) >= 11 is 0. The van der Waals surface area contributed by atoms with Gasteiger partial charge in [0.1, 0.15) is 0 Å². The van der Waals surface area contributed by atoms with Gasteiger partial charge in [-0.3, -0.25) is 0 Å². The smallest absolute Gasteiger partial charge is 0.0423 e. The third kappa shape index (κ3) is 2.50. The minimum absolute atomic E-state index is 0.129. The minimum Gasteiger partial charge on any atom is -0.0622 e. The Morgan fingerprint density at radius 3 is 1.33 bits per heavy atom. The Balaban J connectivity index is 2.23. The maximum Gasteiger partial charge on any atom is 0.0423 e. The van der Waals surface area contributed by atoms with E-state index in [0.717, 1.165) is 0 Å².